The summed E-state index contributed by atoms with van der Waals surface area (Å²) in [5.41, 5.74) is 0. The first-order valence-electron chi connectivity index (χ1n) is 25.9. The second-order valence-electron chi connectivity index (χ2n) is 18.0. The molecule has 0 aromatic carbocycles. The van der Waals surface area contributed by atoms with Crippen molar-refractivity contribution in [1.29, 1.82) is 0 Å². The van der Waals surface area contributed by atoms with E-state index in [1.54, 1.807) is 0 Å². The van der Waals surface area contributed by atoms with Gasteiger partial charge in [0.25, 0.3) is 0 Å². The average Bonchev–Trinajstić information content (AvgIpc) is 3.28. The van der Waals surface area contributed by atoms with Crippen molar-refractivity contribution >= 4 is 17.9 Å². The average molecular weight is 919 g/mol. The molecule has 0 saturated heterocycles. The Bertz CT molecular complexity index is 1440. The van der Waals surface area contributed by atoms with Crippen molar-refractivity contribution in [3.63, 3.8) is 0 Å². The first-order valence-corrected chi connectivity index (χ1v) is 25.9. The highest BCUT2D eigenvalue weighted by molar-refractivity contribution is 5.72. The molecule has 2 unspecified atom stereocenters. The molecule has 0 aromatic heterocycles. The summed E-state index contributed by atoms with van der Waals surface area (Å²) in [4.78, 5) is 37.2. The van der Waals surface area contributed by atoms with Crippen molar-refractivity contribution < 1.29 is 38.2 Å². The van der Waals surface area contributed by atoms with Crippen LogP contribution in [0, 0.1) is 0 Å². The number of hydrogen-bond donors (Lipinski definition) is 1. The number of carbonyl (C=O) groups is 3. The van der Waals surface area contributed by atoms with Gasteiger partial charge in [0.15, 0.2) is 12.1 Å². The Kier molecular flexibility index (Phi) is 44.6. The lowest BCUT2D eigenvalue weighted by molar-refractivity contribution is -0.887. The summed E-state index contributed by atoms with van der Waals surface area (Å²) in [6.07, 6.45) is 65.6. The third-order valence-electron chi connectivity index (χ3n) is 10.9. The molecule has 0 rings (SSSR count). The molecule has 2 atom stereocenters. The minimum atomic E-state index is -0.884. The number of carboxylic acids is 1. The smallest absolute Gasteiger partial charge is 0.362 e. The monoisotopic (exact) mass is 919 g/mol. The van der Waals surface area contributed by atoms with E-state index in [0.717, 1.165) is 116 Å². The molecule has 0 aliphatic heterocycles. The molecule has 0 radical (unpaired) electrons. The quantitative estimate of drug-likeness (QED) is 0.0281. The predicted octanol–water partition coefficient (Wildman–Crippen LogP) is 15.2. The largest absolute Gasteiger partial charge is 0.477 e. The summed E-state index contributed by atoms with van der Waals surface area (Å²) in [5.74, 6) is -1.52. The molecule has 0 saturated carbocycles. The molecular formula is C58H96NO7+. The van der Waals surface area contributed by atoms with Crippen molar-refractivity contribution in [2.45, 2.75) is 199 Å². The zero-order chi connectivity index (χ0) is 48.4. The van der Waals surface area contributed by atoms with Gasteiger partial charge < -0.3 is 23.8 Å². The highest BCUT2D eigenvalue weighted by Gasteiger charge is 2.31. The Balaban J connectivity index is 4.33. The third-order valence-corrected chi connectivity index (χ3v) is 10.9. The Morgan fingerprint density at radius 3 is 1.18 bits per heavy atom. The van der Waals surface area contributed by atoms with Crippen LogP contribution in [0.4, 0.5) is 0 Å². The van der Waals surface area contributed by atoms with Crippen LogP contribution in [-0.4, -0.2) is 80.6 Å². The van der Waals surface area contributed by atoms with Crippen LogP contribution >= 0.6 is 0 Å². The number of quaternary nitrogens is 1. The van der Waals surface area contributed by atoms with E-state index in [4.69, 9.17) is 14.2 Å². The number of allylic oxidation sites excluding steroid dienone is 18. The lowest BCUT2D eigenvalue weighted by Gasteiger charge is -2.31. The Labute approximate surface area is 404 Å². The molecule has 8 nitrogen and oxygen atoms in total. The molecule has 0 amide bonds. The van der Waals surface area contributed by atoms with E-state index in [1.807, 2.05) is 21.1 Å². The van der Waals surface area contributed by atoms with Gasteiger partial charge in [0.05, 0.1) is 34.4 Å². The van der Waals surface area contributed by atoms with Gasteiger partial charge in [-0.15, -0.1) is 0 Å². The molecule has 0 bridgehead atoms. The zero-order valence-electron chi connectivity index (χ0n) is 42.6. The van der Waals surface area contributed by atoms with Gasteiger partial charge in [0, 0.05) is 19.3 Å². The van der Waals surface area contributed by atoms with Crippen LogP contribution in [0.25, 0.3) is 0 Å². The number of carboxylic acid groups (broad SMARTS) is 1. The van der Waals surface area contributed by atoms with Gasteiger partial charge >= 0.3 is 17.9 Å². The second-order valence-corrected chi connectivity index (χ2v) is 18.0. The van der Waals surface area contributed by atoms with Crippen molar-refractivity contribution in [2.24, 2.45) is 0 Å². The lowest BCUT2D eigenvalue weighted by Crippen LogP contribution is -2.50. The van der Waals surface area contributed by atoms with Gasteiger partial charge in [-0.1, -0.05) is 181 Å². The van der Waals surface area contributed by atoms with Crippen LogP contribution in [0.3, 0.4) is 0 Å². The topological polar surface area (TPSA) is 99.1 Å². The van der Waals surface area contributed by atoms with Gasteiger partial charge in [-0.3, -0.25) is 9.59 Å². The first kappa shape index (κ1) is 62.0. The minimum absolute atomic E-state index is 0.0418. The van der Waals surface area contributed by atoms with Crippen molar-refractivity contribution in [2.75, 3.05) is 41.0 Å². The molecule has 0 aliphatic carbocycles. The van der Waals surface area contributed by atoms with Crippen LogP contribution in [-0.2, 0) is 28.6 Å². The van der Waals surface area contributed by atoms with E-state index in [2.05, 4.69) is 123 Å². The van der Waals surface area contributed by atoms with E-state index in [0.29, 0.717) is 19.3 Å². The summed E-state index contributed by atoms with van der Waals surface area (Å²) in [6.45, 7) is 4.47. The number of aliphatic carboxylic acids is 1. The molecule has 1 N–H and O–H groups in total. The Hall–Kier alpha value is -4.01. The van der Waals surface area contributed by atoms with Crippen molar-refractivity contribution in [1.82, 2.24) is 0 Å². The number of esters is 2. The molecule has 0 spiro atoms. The maximum Gasteiger partial charge on any atom is 0.362 e. The number of ether oxygens (including phenoxy) is 3. The maximum atomic E-state index is 12.8. The van der Waals surface area contributed by atoms with Crippen LogP contribution in [0.1, 0.15) is 187 Å². The standard InChI is InChI=1S/C58H95NO7/c1-6-8-10-12-14-16-18-20-22-24-26-27-28-29-31-33-35-37-39-41-43-45-47-49-57(61)66-54(52-64-51-50-55(58(62)63)59(3,4)5)53-65-56(60)48-46-44-42-40-38-36-34-32-30-25-23-21-19-17-15-13-11-9-7-2/h8-11,14-17,20-23,26-27,29,31,35,37,54-55H,6-7,12-13,18-19,24-25,28,30,32-34,36,38-53H2,1-5H3/p+1/b10-8+,11-9+,16-14+,17-15+,22-20+,23-21+,27-26+,31-29+,37-35+. The zero-order valence-corrected chi connectivity index (χ0v) is 42.6. The van der Waals surface area contributed by atoms with Crippen molar-refractivity contribution in [3.05, 3.63) is 109 Å². The number of nitrogens with zero attached hydrogens (tertiary/aromatic N) is 1. The first-order chi connectivity index (χ1) is 32.1. The van der Waals surface area contributed by atoms with E-state index in [-0.39, 0.29) is 36.2 Å². The molecule has 0 fully saturated rings. The summed E-state index contributed by atoms with van der Waals surface area (Å²) in [6, 6.07) is -0.628. The molecular weight excluding hydrogens is 823 g/mol. The predicted molar refractivity (Wildman–Crippen MR) is 279 cm³/mol. The van der Waals surface area contributed by atoms with Crippen molar-refractivity contribution in [3.8, 4) is 0 Å². The highest BCUT2D eigenvalue weighted by Crippen LogP contribution is 2.14. The fourth-order valence-electron chi connectivity index (χ4n) is 6.99. The summed E-state index contributed by atoms with van der Waals surface area (Å²) >= 11 is 0. The number of rotatable bonds is 45. The van der Waals surface area contributed by atoms with Crippen LogP contribution < -0.4 is 0 Å². The fourth-order valence-corrected chi connectivity index (χ4v) is 6.99. The summed E-state index contributed by atoms with van der Waals surface area (Å²) in [7, 11) is 5.51. The van der Waals surface area contributed by atoms with Crippen LogP contribution in [0.15, 0.2) is 109 Å². The minimum Gasteiger partial charge on any atom is -0.477 e. The van der Waals surface area contributed by atoms with Gasteiger partial charge in [0.2, 0.25) is 0 Å². The summed E-state index contributed by atoms with van der Waals surface area (Å²) in [5, 5.41) is 9.66. The molecule has 0 heterocycles. The molecule has 66 heavy (non-hydrogen) atoms. The number of unbranched alkanes of at least 4 members (excludes halogenated alkanes) is 13. The summed E-state index contributed by atoms with van der Waals surface area (Å²) < 4.78 is 17.3. The number of likely N-dealkylation sites (N-methyl/N-ethyl adjacent to an activating group) is 1. The normalized spacial score (nSPS) is 13.8. The van der Waals surface area contributed by atoms with E-state index in [1.165, 1.54) is 38.5 Å². The van der Waals surface area contributed by atoms with Gasteiger partial charge in [-0.2, -0.15) is 0 Å². The molecule has 374 valence electrons. The molecule has 0 aromatic rings. The fraction of sp³-hybridized carbons (Fsp3) is 0.638. The molecule has 8 heteroatoms. The van der Waals surface area contributed by atoms with Gasteiger partial charge in [-0.05, 0) is 96.3 Å². The maximum absolute atomic E-state index is 12.8. The number of hydrogen-bond acceptors (Lipinski definition) is 6. The van der Waals surface area contributed by atoms with E-state index >= 15 is 0 Å². The third kappa shape index (κ3) is 45.2. The second kappa shape index (κ2) is 47.5. The van der Waals surface area contributed by atoms with Gasteiger partial charge in [0.1, 0.15) is 6.61 Å². The van der Waals surface area contributed by atoms with E-state index in [9.17, 15) is 19.5 Å². The SMILES string of the molecule is CC/C=C/C/C=C/C/C=C/C/C=C/C/C=C/C/C=C/CCCCCCC(=O)OC(COCCC(C(=O)O)[N+](C)(C)C)COC(=O)CCCCCCCCCCC/C=C/C/C=C/C/C=C/CC. The van der Waals surface area contributed by atoms with Crippen LogP contribution in [0.5, 0.6) is 0 Å². The highest BCUT2D eigenvalue weighted by atomic mass is 16.6. The van der Waals surface area contributed by atoms with E-state index < -0.39 is 18.1 Å². The lowest BCUT2D eigenvalue weighted by atomic mass is 10.1. The Morgan fingerprint density at radius 2 is 0.803 bits per heavy atom. The Morgan fingerprint density at radius 1 is 0.455 bits per heavy atom. The van der Waals surface area contributed by atoms with Gasteiger partial charge in [-0.25, -0.2) is 4.79 Å². The molecule has 0 aliphatic rings. The number of carbonyl (C=O) groups excluding carboxylic acids is 2. The van der Waals surface area contributed by atoms with Crippen LogP contribution in [0.2, 0.25) is 0 Å².